The number of nitrogens with two attached hydrogens (primary N) is 1. The molecule has 0 saturated carbocycles. The minimum Gasteiger partial charge on any atom is -0.545 e. The van der Waals surface area contributed by atoms with Gasteiger partial charge in [0.25, 0.3) is 5.91 Å². The smallest absolute Gasteiger partial charge is 0.255 e. The fourth-order valence-electron chi connectivity index (χ4n) is 1.06. The molecule has 0 spiro atoms. The van der Waals surface area contributed by atoms with E-state index in [1.807, 2.05) is 0 Å². The SMILES string of the molecule is COc1cc(C(=O)[O-])ccc1OCC(N)=O. The third-order valence-electron chi connectivity index (χ3n) is 1.77. The molecule has 86 valence electrons. The Morgan fingerprint density at radius 2 is 2.06 bits per heavy atom. The number of benzene rings is 1. The molecule has 0 aliphatic heterocycles. The summed E-state index contributed by atoms with van der Waals surface area (Å²) in [5.74, 6) is -1.51. The van der Waals surface area contributed by atoms with Crippen LogP contribution in [0.15, 0.2) is 18.2 Å². The quantitative estimate of drug-likeness (QED) is 0.685. The van der Waals surface area contributed by atoms with Gasteiger partial charge in [0.15, 0.2) is 18.1 Å². The van der Waals surface area contributed by atoms with Crippen LogP contribution in [0.3, 0.4) is 0 Å². The average molecular weight is 224 g/mol. The number of carboxylic acids is 1. The highest BCUT2D eigenvalue weighted by molar-refractivity contribution is 5.86. The van der Waals surface area contributed by atoms with Crippen LogP contribution >= 0.6 is 0 Å². The molecule has 1 aromatic rings. The van der Waals surface area contributed by atoms with Crippen LogP contribution in [-0.4, -0.2) is 25.6 Å². The molecular formula is C10H10NO5-. The molecule has 6 heteroatoms. The molecule has 0 aliphatic carbocycles. The van der Waals surface area contributed by atoms with Crippen molar-refractivity contribution in [3.8, 4) is 11.5 Å². The number of aromatic carboxylic acids is 1. The van der Waals surface area contributed by atoms with Crippen LogP contribution in [-0.2, 0) is 4.79 Å². The molecule has 0 heterocycles. The van der Waals surface area contributed by atoms with Gasteiger partial charge in [0.1, 0.15) is 0 Å². The Morgan fingerprint density at radius 1 is 1.38 bits per heavy atom. The van der Waals surface area contributed by atoms with Crippen molar-refractivity contribution in [2.45, 2.75) is 0 Å². The van der Waals surface area contributed by atoms with Crippen LogP contribution in [0.2, 0.25) is 0 Å². The molecule has 0 fully saturated rings. The van der Waals surface area contributed by atoms with Crippen LogP contribution in [0.1, 0.15) is 10.4 Å². The van der Waals surface area contributed by atoms with E-state index in [2.05, 4.69) is 0 Å². The molecule has 1 amide bonds. The first-order valence-electron chi connectivity index (χ1n) is 4.35. The van der Waals surface area contributed by atoms with Gasteiger partial charge >= 0.3 is 0 Å². The lowest BCUT2D eigenvalue weighted by Gasteiger charge is -2.11. The van der Waals surface area contributed by atoms with Crippen molar-refractivity contribution in [2.75, 3.05) is 13.7 Å². The van der Waals surface area contributed by atoms with Crippen LogP contribution in [0, 0.1) is 0 Å². The summed E-state index contributed by atoms with van der Waals surface area (Å²) in [4.78, 5) is 21.1. The number of hydrogen-bond acceptors (Lipinski definition) is 5. The maximum Gasteiger partial charge on any atom is 0.255 e. The normalized spacial score (nSPS) is 9.56. The Labute approximate surface area is 91.6 Å². The van der Waals surface area contributed by atoms with Gasteiger partial charge < -0.3 is 25.1 Å². The number of ether oxygens (including phenoxy) is 2. The number of primary amides is 1. The largest absolute Gasteiger partial charge is 0.545 e. The van der Waals surface area contributed by atoms with Gasteiger partial charge in [-0.15, -0.1) is 0 Å². The Bertz CT molecular complexity index is 416. The van der Waals surface area contributed by atoms with Crippen molar-refractivity contribution in [1.82, 2.24) is 0 Å². The summed E-state index contributed by atoms with van der Waals surface area (Å²) in [5, 5.41) is 10.6. The topological polar surface area (TPSA) is 102 Å². The molecule has 0 unspecified atom stereocenters. The number of hydrogen-bond donors (Lipinski definition) is 1. The van der Waals surface area contributed by atoms with Crippen molar-refractivity contribution in [2.24, 2.45) is 5.73 Å². The zero-order valence-electron chi connectivity index (χ0n) is 8.56. The molecule has 0 aromatic heterocycles. The Balaban J connectivity index is 2.93. The van der Waals surface area contributed by atoms with E-state index in [1.54, 1.807) is 0 Å². The molecule has 1 rings (SSSR count). The molecule has 6 nitrogen and oxygen atoms in total. The molecule has 0 aliphatic rings. The first-order valence-corrected chi connectivity index (χ1v) is 4.35. The number of carbonyl (C=O) groups excluding carboxylic acids is 2. The van der Waals surface area contributed by atoms with Gasteiger partial charge in [0, 0.05) is 5.56 Å². The van der Waals surface area contributed by atoms with Gasteiger partial charge in [-0.05, 0) is 18.2 Å². The van der Waals surface area contributed by atoms with Crippen molar-refractivity contribution in [3.63, 3.8) is 0 Å². The maximum absolute atomic E-state index is 10.6. The molecule has 2 N–H and O–H groups in total. The highest BCUT2D eigenvalue weighted by Gasteiger charge is 2.07. The van der Waals surface area contributed by atoms with Crippen LogP contribution in [0.5, 0.6) is 11.5 Å². The van der Waals surface area contributed by atoms with E-state index in [0.29, 0.717) is 0 Å². The van der Waals surface area contributed by atoms with Gasteiger partial charge in [0.05, 0.1) is 13.1 Å². The van der Waals surface area contributed by atoms with Crippen LogP contribution in [0.4, 0.5) is 0 Å². The molecule has 0 atom stereocenters. The highest BCUT2D eigenvalue weighted by atomic mass is 16.5. The van der Waals surface area contributed by atoms with Gasteiger partial charge in [0.2, 0.25) is 0 Å². The van der Waals surface area contributed by atoms with Crippen LogP contribution < -0.4 is 20.3 Å². The summed E-state index contributed by atoms with van der Waals surface area (Å²) >= 11 is 0. The van der Waals surface area contributed by atoms with Crippen LogP contribution in [0.25, 0.3) is 0 Å². The second-order valence-electron chi connectivity index (χ2n) is 2.91. The lowest BCUT2D eigenvalue weighted by Crippen LogP contribution is -2.22. The Kier molecular flexibility index (Phi) is 3.71. The third kappa shape index (κ3) is 2.88. The van der Waals surface area contributed by atoms with E-state index in [-0.39, 0.29) is 23.7 Å². The molecule has 0 radical (unpaired) electrons. The van der Waals surface area contributed by atoms with Crippen molar-refractivity contribution < 1.29 is 24.2 Å². The van der Waals surface area contributed by atoms with E-state index in [0.717, 1.165) is 0 Å². The Hall–Kier alpha value is -2.24. The monoisotopic (exact) mass is 224 g/mol. The molecule has 0 saturated heterocycles. The number of rotatable bonds is 5. The fourth-order valence-corrected chi connectivity index (χ4v) is 1.06. The molecular weight excluding hydrogens is 214 g/mol. The van der Waals surface area contributed by atoms with E-state index in [9.17, 15) is 14.7 Å². The minimum atomic E-state index is -1.32. The van der Waals surface area contributed by atoms with Gasteiger partial charge in [-0.3, -0.25) is 4.79 Å². The van der Waals surface area contributed by atoms with E-state index >= 15 is 0 Å². The predicted molar refractivity (Wildman–Crippen MR) is 52.0 cm³/mol. The number of methoxy groups -OCH3 is 1. The van der Waals surface area contributed by atoms with Gasteiger partial charge in [-0.25, -0.2) is 0 Å². The molecule has 0 bridgehead atoms. The molecule has 1 aromatic carbocycles. The number of carbonyl (C=O) groups is 2. The summed E-state index contributed by atoms with van der Waals surface area (Å²) in [6.07, 6.45) is 0. The van der Waals surface area contributed by atoms with Gasteiger partial charge in [-0.1, -0.05) is 0 Å². The summed E-state index contributed by atoms with van der Waals surface area (Å²) in [6.45, 7) is -0.305. The van der Waals surface area contributed by atoms with Crippen molar-refractivity contribution in [1.29, 1.82) is 0 Å². The second-order valence-corrected chi connectivity index (χ2v) is 2.91. The van der Waals surface area contributed by atoms with Crippen molar-refractivity contribution in [3.05, 3.63) is 23.8 Å². The lowest BCUT2D eigenvalue weighted by atomic mass is 10.2. The van der Waals surface area contributed by atoms with Gasteiger partial charge in [-0.2, -0.15) is 0 Å². The first-order chi connectivity index (χ1) is 7.54. The number of carboxylic acid groups (broad SMARTS) is 1. The van der Waals surface area contributed by atoms with E-state index < -0.39 is 11.9 Å². The summed E-state index contributed by atoms with van der Waals surface area (Å²) < 4.78 is 9.91. The predicted octanol–water partition coefficient (Wildman–Crippen LogP) is -1.08. The Morgan fingerprint density at radius 3 is 2.56 bits per heavy atom. The van der Waals surface area contributed by atoms with E-state index in [1.165, 1.54) is 25.3 Å². The van der Waals surface area contributed by atoms with Crippen molar-refractivity contribution >= 4 is 11.9 Å². The standard InChI is InChI=1S/C10H11NO5/c1-15-8-4-6(10(13)14)2-3-7(8)16-5-9(11)12/h2-4H,5H2,1H3,(H2,11,12)(H,13,14)/p-1. The average Bonchev–Trinajstić information content (AvgIpc) is 2.25. The zero-order valence-corrected chi connectivity index (χ0v) is 8.56. The fraction of sp³-hybridized carbons (Fsp3) is 0.200. The highest BCUT2D eigenvalue weighted by Crippen LogP contribution is 2.27. The summed E-state index contributed by atoms with van der Waals surface area (Å²) in [7, 11) is 1.35. The third-order valence-corrected chi connectivity index (χ3v) is 1.77. The maximum atomic E-state index is 10.6. The first kappa shape index (κ1) is 11.8. The molecule has 16 heavy (non-hydrogen) atoms. The van der Waals surface area contributed by atoms with E-state index in [4.69, 9.17) is 15.2 Å². The minimum absolute atomic E-state index is 0.0386. The summed E-state index contributed by atoms with van der Waals surface area (Å²) in [5.41, 5.74) is 4.86. The summed E-state index contributed by atoms with van der Waals surface area (Å²) in [6, 6.07) is 3.90. The lowest BCUT2D eigenvalue weighted by molar-refractivity contribution is -0.255. The number of amides is 1. The second kappa shape index (κ2) is 5.01. The zero-order chi connectivity index (χ0) is 12.1.